The molecule has 0 spiro atoms. The second-order valence-corrected chi connectivity index (χ2v) is 7.73. The predicted octanol–water partition coefficient (Wildman–Crippen LogP) is 2.48. The van der Waals surface area contributed by atoms with Gasteiger partial charge in [0.2, 0.25) is 10.0 Å². The van der Waals surface area contributed by atoms with E-state index in [4.69, 9.17) is 4.74 Å². The summed E-state index contributed by atoms with van der Waals surface area (Å²) < 4.78 is 45.7. The normalized spacial score (nSPS) is 13.3. The summed E-state index contributed by atoms with van der Waals surface area (Å²) in [4.78, 5) is 1.80. The summed E-state index contributed by atoms with van der Waals surface area (Å²) in [5, 5.41) is 3.92. The number of ether oxygens (including phenoxy) is 1. The molecule has 1 aromatic carbocycles. The molecule has 23 heavy (non-hydrogen) atoms. The van der Waals surface area contributed by atoms with Crippen molar-refractivity contribution in [3.63, 3.8) is 0 Å². The van der Waals surface area contributed by atoms with E-state index >= 15 is 0 Å². The van der Waals surface area contributed by atoms with Crippen molar-refractivity contribution in [2.45, 2.75) is 10.9 Å². The van der Waals surface area contributed by atoms with Crippen LogP contribution < -0.4 is 9.46 Å². The van der Waals surface area contributed by atoms with Crippen molar-refractivity contribution < 1.29 is 17.5 Å². The number of nitrogens with zero attached hydrogens (tertiary/aromatic N) is 1. The maximum Gasteiger partial charge on any atom is 0.240 e. The zero-order chi connectivity index (χ0) is 17.0. The SMILES string of the molecule is COc1ccc(S(=O)(=O)NCC(c2ccsc2)N(C)C)cc1F. The third-order valence-corrected chi connectivity index (χ3v) is 5.57. The number of likely N-dealkylation sites (N-methyl/N-ethyl adjacent to an activating group) is 1. The largest absolute Gasteiger partial charge is 0.494 e. The average Bonchev–Trinajstić information content (AvgIpc) is 3.01. The molecule has 1 atom stereocenters. The van der Waals surface area contributed by atoms with E-state index in [1.54, 1.807) is 11.3 Å². The molecule has 1 unspecified atom stereocenters. The van der Waals surface area contributed by atoms with Gasteiger partial charge in [-0.3, -0.25) is 0 Å². The summed E-state index contributed by atoms with van der Waals surface area (Å²) >= 11 is 1.55. The molecular formula is C15H19FN2O3S2. The van der Waals surface area contributed by atoms with E-state index in [1.807, 2.05) is 35.8 Å². The molecule has 1 heterocycles. The zero-order valence-electron chi connectivity index (χ0n) is 13.1. The Hall–Kier alpha value is -1.48. The molecule has 2 aromatic rings. The van der Waals surface area contributed by atoms with E-state index in [2.05, 4.69) is 4.72 Å². The summed E-state index contributed by atoms with van der Waals surface area (Å²) in [5.74, 6) is -0.703. The molecule has 0 radical (unpaired) electrons. The van der Waals surface area contributed by atoms with E-state index in [1.165, 1.54) is 19.2 Å². The molecule has 126 valence electrons. The maximum atomic E-state index is 13.7. The second kappa shape index (κ2) is 7.39. The average molecular weight is 358 g/mol. The molecule has 0 bridgehead atoms. The monoisotopic (exact) mass is 358 g/mol. The quantitative estimate of drug-likeness (QED) is 0.826. The van der Waals surface area contributed by atoms with Crippen LogP contribution >= 0.6 is 11.3 Å². The van der Waals surface area contributed by atoms with Crippen molar-refractivity contribution >= 4 is 21.4 Å². The van der Waals surface area contributed by atoms with E-state index in [-0.39, 0.29) is 23.2 Å². The van der Waals surface area contributed by atoms with Gasteiger partial charge in [0.1, 0.15) is 0 Å². The van der Waals surface area contributed by atoms with Crippen LogP contribution in [0, 0.1) is 5.82 Å². The number of hydrogen-bond donors (Lipinski definition) is 1. The smallest absolute Gasteiger partial charge is 0.240 e. The van der Waals surface area contributed by atoms with Gasteiger partial charge in [-0.15, -0.1) is 0 Å². The Balaban J connectivity index is 2.16. The van der Waals surface area contributed by atoms with E-state index in [9.17, 15) is 12.8 Å². The molecule has 0 saturated heterocycles. The predicted molar refractivity (Wildman–Crippen MR) is 88.9 cm³/mol. The van der Waals surface area contributed by atoms with Crippen molar-refractivity contribution in [3.8, 4) is 5.75 Å². The number of benzene rings is 1. The number of nitrogens with one attached hydrogen (secondary N) is 1. The molecule has 0 aliphatic carbocycles. The van der Waals surface area contributed by atoms with E-state index in [0.717, 1.165) is 11.6 Å². The van der Waals surface area contributed by atoms with Crippen LogP contribution in [-0.2, 0) is 10.0 Å². The lowest BCUT2D eigenvalue weighted by Gasteiger charge is -2.24. The highest BCUT2D eigenvalue weighted by Crippen LogP contribution is 2.23. The molecule has 0 aliphatic rings. The molecule has 1 N–H and O–H groups in total. The fourth-order valence-corrected chi connectivity index (χ4v) is 3.91. The van der Waals surface area contributed by atoms with Crippen molar-refractivity contribution in [2.24, 2.45) is 0 Å². The van der Waals surface area contributed by atoms with Gasteiger partial charge in [0.15, 0.2) is 11.6 Å². The van der Waals surface area contributed by atoms with Crippen LogP contribution in [0.15, 0.2) is 39.9 Å². The fourth-order valence-electron chi connectivity index (χ4n) is 2.15. The lowest BCUT2D eigenvalue weighted by molar-refractivity contribution is 0.300. The number of sulfonamides is 1. The third kappa shape index (κ3) is 4.29. The van der Waals surface area contributed by atoms with Crippen LogP contribution in [-0.4, -0.2) is 41.1 Å². The van der Waals surface area contributed by atoms with Crippen LogP contribution in [0.5, 0.6) is 5.75 Å². The summed E-state index contributed by atoms with van der Waals surface area (Å²) in [6.07, 6.45) is 0. The van der Waals surface area contributed by atoms with Crippen LogP contribution in [0.3, 0.4) is 0 Å². The number of methoxy groups -OCH3 is 1. The molecule has 8 heteroatoms. The highest BCUT2D eigenvalue weighted by molar-refractivity contribution is 7.89. The minimum atomic E-state index is -3.80. The van der Waals surface area contributed by atoms with Crippen molar-refractivity contribution in [1.29, 1.82) is 0 Å². The minimum absolute atomic E-state index is 0.00777. The van der Waals surface area contributed by atoms with Crippen LogP contribution in [0.1, 0.15) is 11.6 Å². The maximum absolute atomic E-state index is 13.7. The molecule has 5 nitrogen and oxygen atoms in total. The van der Waals surface area contributed by atoms with Crippen molar-refractivity contribution in [2.75, 3.05) is 27.7 Å². The van der Waals surface area contributed by atoms with Gasteiger partial charge in [-0.05, 0) is 54.7 Å². The number of rotatable bonds is 7. The summed E-state index contributed by atoms with van der Waals surface area (Å²) in [5.41, 5.74) is 1.03. The Morgan fingerprint density at radius 3 is 2.61 bits per heavy atom. The second-order valence-electron chi connectivity index (χ2n) is 5.18. The van der Waals surface area contributed by atoms with Gasteiger partial charge in [-0.2, -0.15) is 11.3 Å². The Morgan fingerprint density at radius 1 is 1.35 bits per heavy atom. The van der Waals surface area contributed by atoms with Gasteiger partial charge < -0.3 is 9.64 Å². The summed E-state index contributed by atoms with van der Waals surface area (Å²) in [6.45, 7) is 0.194. The van der Waals surface area contributed by atoms with Gasteiger partial charge in [0.25, 0.3) is 0 Å². The molecular weight excluding hydrogens is 339 g/mol. The number of halogens is 1. The lowest BCUT2D eigenvalue weighted by Crippen LogP contribution is -2.34. The van der Waals surface area contributed by atoms with Crippen LogP contribution in [0.2, 0.25) is 0 Å². The highest BCUT2D eigenvalue weighted by Gasteiger charge is 2.21. The fraction of sp³-hybridized carbons (Fsp3) is 0.333. The first-order valence-corrected chi connectivity index (χ1v) is 9.29. The molecule has 0 fully saturated rings. The molecule has 0 saturated carbocycles. The summed E-state index contributed by atoms with van der Waals surface area (Å²) in [7, 11) is 1.29. The lowest BCUT2D eigenvalue weighted by atomic mass is 10.1. The highest BCUT2D eigenvalue weighted by atomic mass is 32.2. The standard InChI is InChI=1S/C15H19FN2O3S2/c1-18(2)14(11-6-7-22-10-11)9-17-23(19,20)12-4-5-15(21-3)13(16)8-12/h4-8,10,14,17H,9H2,1-3H3. The Morgan fingerprint density at radius 2 is 2.09 bits per heavy atom. The number of thiophene rings is 1. The minimum Gasteiger partial charge on any atom is -0.494 e. The Bertz CT molecular complexity index is 746. The molecule has 2 rings (SSSR count). The van der Waals surface area contributed by atoms with Gasteiger partial charge in [-0.1, -0.05) is 0 Å². The van der Waals surface area contributed by atoms with Crippen LogP contribution in [0.25, 0.3) is 0 Å². The van der Waals surface area contributed by atoms with Gasteiger partial charge in [0.05, 0.1) is 12.0 Å². The van der Waals surface area contributed by atoms with Crippen molar-refractivity contribution in [1.82, 2.24) is 9.62 Å². The van der Waals surface area contributed by atoms with Gasteiger partial charge in [0, 0.05) is 12.6 Å². The topological polar surface area (TPSA) is 58.6 Å². The third-order valence-electron chi connectivity index (χ3n) is 3.45. The molecule has 1 aromatic heterocycles. The molecule has 0 aliphatic heterocycles. The summed E-state index contributed by atoms with van der Waals surface area (Å²) in [6, 6.07) is 5.43. The van der Waals surface area contributed by atoms with E-state index < -0.39 is 15.8 Å². The Kier molecular flexibility index (Phi) is 5.74. The number of hydrogen-bond acceptors (Lipinski definition) is 5. The first-order chi connectivity index (χ1) is 10.8. The van der Waals surface area contributed by atoms with Crippen molar-refractivity contribution in [3.05, 3.63) is 46.4 Å². The Labute approximate surface area is 139 Å². The van der Waals surface area contributed by atoms with Crippen LogP contribution in [0.4, 0.5) is 4.39 Å². The van der Waals surface area contributed by atoms with Gasteiger partial charge in [-0.25, -0.2) is 17.5 Å². The first kappa shape index (κ1) is 17.9. The van der Waals surface area contributed by atoms with Gasteiger partial charge >= 0.3 is 0 Å². The van der Waals surface area contributed by atoms with E-state index in [0.29, 0.717) is 0 Å². The first-order valence-electron chi connectivity index (χ1n) is 6.87. The zero-order valence-corrected chi connectivity index (χ0v) is 14.7. The molecule has 0 amide bonds.